The van der Waals surface area contributed by atoms with Crippen LogP contribution in [0.1, 0.15) is 27.2 Å². The van der Waals surface area contributed by atoms with Gasteiger partial charge in [0.1, 0.15) is 0 Å². The van der Waals surface area contributed by atoms with Gasteiger partial charge in [0.15, 0.2) is 5.69 Å². The van der Waals surface area contributed by atoms with Crippen LogP contribution in [0.5, 0.6) is 0 Å². The molecule has 2 aromatic heterocycles. The van der Waals surface area contributed by atoms with Crippen molar-refractivity contribution in [3.8, 4) is 0 Å². The molecule has 0 aliphatic rings. The van der Waals surface area contributed by atoms with Crippen molar-refractivity contribution < 1.29 is 4.79 Å². The fourth-order valence-corrected chi connectivity index (χ4v) is 2.58. The summed E-state index contributed by atoms with van der Waals surface area (Å²) in [5.41, 5.74) is 5.26. The van der Waals surface area contributed by atoms with Crippen molar-refractivity contribution >= 4 is 22.5 Å². The molecular weight excluding hydrogens is 264 g/mol. The standard InChI is InChI=1S/C16H16N4O/c1-9-6-10(2)14(11(3)7-9)18-16(21)15-12-8-17-5-4-13(12)19-20-15/h4-8H,1-3H3,(H,18,21)(H,19,20). The number of nitrogens with zero attached hydrogens (tertiary/aromatic N) is 2. The van der Waals surface area contributed by atoms with E-state index in [9.17, 15) is 4.79 Å². The number of aromatic nitrogens is 3. The third-order valence-electron chi connectivity index (χ3n) is 3.49. The number of carbonyl (C=O) groups excluding carboxylic acids is 1. The summed E-state index contributed by atoms with van der Waals surface area (Å²) in [4.78, 5) is 16.5. The van der Waals surface area contributed by atoms with Gasteiger partial charge in [0.05, 0.1) is 10.9 Å². The summed E-state index contributed by atoms with van der Waals surface area (Å²) in [7, 11) is 0. The summed E-state index contributed by atoms with van der Waals surface area (Å²) < 4.78 is 0. The number of anilines is 1. The number of fused-ring (bicyclic) bond motifs is 1. The quantitative estimate of drug-likeness (QED) is 0.757. The molecule has 3 rings (SSSR count). The Morgan fingerprint density at radius 1 is 1.19 bits per heavy atom. The molecule has 0 saturated heterocycles. The number of rotatable bonds is 2. The van der Waals surface area contributed by atoms with Gasteiger partial charge >= 0.3 is 0 Å². The topological polar surface area (TPSA) is 70.7 Å². The average Bonchev–Trinajstić information content (AvgIpc) is 2.86. The van der Waals surface area contributed by atoms with Gasteiger partial charge in [-0.15, -0.1) is 0 Å². The molecule has 0 fully saturated rings. The number of carbonyl (C=O) groups is 1. The zero-order valence-electron chi connectivity index (χ0n) is 12.2. The van der Waals surface area contributed by atoms with Gasteiger partial charge in [-0.25, -0.2) is 0 Å². The normalized spacial score (nSPS) is 10.8. The van der Waals surface area contributed by atoms with E-state index >= 15 is 0 Å². The molecular formula is C16H16N4O. The van der Waals surface area contributed by atoms with Crippen molar-refractivity contribution in [2.45, 2.75) is 20.8 Å². The molecule has 106 valence electrons. The van der Waals surface area contributed by atoms with E-state index in [4.69, 9.17) is 0 Å². The first-order valence-electron chi connectivity index (χ1n) is 6.73. The Kier molecular flexibility index (Phi) is 3.17. The van der Waals surface area contributed by atoms with E-state index in [0.29, 0.717) is 5.69 Å². The van der Waals surface area contributed by atoms with Gasteiger partial charge in [-0.05, 0) is 38.0 Å². The lowest BCUT2D eigenvalue weighted by Gasteiger charge is -2.12. The van der Waals surface area contributed by atoms with Crippen molar-refractivity contribution in [2.24, 2.45) is 0 Å². The first-order valence-corrected chi connectivity index (χ1v) is 6.73. The fraction of sp³-hybridized carbons (Fsp3) is 0.188. The highest BCUT2D eigenvalue weighted by atomic mass is 16.1. The van der Waals surface area contributed by atoms with Crippen LogP contribution in [0.15, 0.2) is 30.6 Å². The van der Waals surface area contributed by atoms with Crippen LogP contribution in [-0.2, 0) is 0 Å². The summed E-state index contributed by atoms with van der Waals surface area (Å²) in [5, 5.41) is 10.6. The van der Waals surface area contributed by atoms with Crippen LogP contribution in [0.3, 0.4) is 0 Å². The molecule has 1 aromatic carbocycles. The molecule has 0 aliphatic carbocycles. The Hall–Kier alpha value is -2.69. The molecule has 0 atom stereocenters. The van der Waals surface area contributed by atoms with Crippen LogP contribution in [0.25, 0.3) is 10.9 Å². The number of nitrogens with one attached hydrogen (secondary N) is 2. The third-order valence-corrected chi connectivity index (χ3v) is 3.49. The maximum absolute atomic E-state index is 12.5. The molecule has 21 heavy (non-hydrogen) atoms. The Morgan fingerprint density at radius 3 is 2.62 bits per heavy atom. The molecule has 0 unspecified atom stereocenters. The minimum atomic E-state index is -0.232. The second-order valence-electron chi connectivity index (χ2n) is 5.22. The number of H-pyrrole nitrogens is 1. The molecule has 0 radical (unpaired) electrons. The first kappa shape index (κ1) is 13.3. The largest absolute Gasteiger partial charge is 0.320 e. The minimum absolute atomic E-state index is 0.232. The molecule has 2 N–H and O–H groups in total. The van der Waals surface area contributed by atoms with E-state index in [-0.39, 0.29) is 5.91 Å². The lowest BCUT2D eigenvalue weighted by Crippen LogP contribution is -2.14. The van der Waals surface area contributed by atoms with Gasteiger partial charge in [0.25, 0.3) is 5.91 Å². The second kappa shape index (κ2) is 5.01. The summed E-state index contributed by atoms with van der Waals surface area (Å²) >= 11 is 0. The highest BCUT2D eigenvalue weighted by molar-refractivity contribution is 6.11. The van der Waals surface area contributed by atoms with Crippen molar-refractivity contribution in [3.05, 3.63) is 53.0 Å². The van der Waals surface area contributed by atoms with E-state index in [1.807, 2.05) is 32.9 Å². The SMILES string of the molecule is Cc1cc(C)c(NC(=O)c2n[nH]c3ccncc23)c(C)c1. The summed E-state index contributed by atoms with van der Waals surface area (Å²) in [5.74, 6) is -0.232. The van der Waals surface area contributed by atoms with Crippen LogP contribution in [-0.4, -0.2) is 21.1 Å². The van der Waals surface area contributed by atoms with Crippen LogP contribution >= 0.6 is 0 Å². The van der Waals surface area contributed by atoms with Crippen molar-refractivity contribution in [3.63, 3.8) is 0 Å². The third kappa shape index (κ3) is 2.38. The number of aryl methyl sites for hydroxylation is 3. The van der Waals surface area contributed by atoms with E-state index < -0.39 is 0 Å². The number of aromatic amines is 1. The zero-order chi connectivity index (χ0) is 15.0. The van der Waals surface area contributed by atoms with Crippen molar-refractivity contribution in [1.29, 1.82) is 0 Å². The van der Waals surface area contributed by atoms with E-state index in [1.54, 1.807) is 18.5 Å². The van der Waals surface area contributed by atoms with Crippen LogP contribution in [0, 0.1) is 20.8 Å². The summed E-state index contributed by atoms with van der Waals surface area (Å²) in [6, 6.07) is 5.89. The molecule has 0 saturated carbocycles. The first-order chi connectivity index (χ1) is 10.1. The van der Waals surface area contributed by atoms with Gasteiger partial charge in [-0.2, -0.15) is 5.10 Å². The molecule has 3 aromatic rings. The number of benzene rings is 1. The lowest BCUT2D eigenvalue weighted by atomic mass is 10.0. The average molecular weight is 280 g/mol. The van der Waals surface area contributed by atoms with E-state index in [2.05, 4.69) is 20.5 Å². The number of amides is 1. The Labute approximate surface area is 122 Å². The van der Waals surface area contributed by atoms with Crippen LogP contribution < -0.4 is 5.32 Å². The number of hydrogen-bond acceptors (Lipinski definition) is 3. The highest BCUT2D eigenvalue weighted by Crippen LogP contribution is 2.23. The Morgan fingerprint density at radius 2 is 1.90 bits per heavy atom. The van der Waals surface area contributed by atoms with Crippen LogP contribution in [0.2, 0.25) is 0 Å². The molecule has 2 heterocycles. The van der Waals surface area contributed by atoms with Gasteiger partial charge in [0, 0.05) is 18.1 Å². The monoisotopic (exact) mass is 280 g/mol. The van der Waals surface area contributed by atoms with Gasteiger partial charge in [0.2, 0.25) is 0 Å². The Balaban J connectivity index is 1.97. The molecule has 0 spiro atoms. The Bertz CT molecular complexity index is 812. The van der Waals surface area contributed by atoms with Gasteiger partial charge in [-0.1, -0.05) is 17.7 Å². The predicted molar refractivity (Wildman–Crippen MR) is 82.5 cm³/mol. The van der Waals surface area contributed by atoms with Crippen molar-refractivity contribution in [1.82, 2.24) is 15.2 Å². The predicted octanol–water partition coefficient (Wildman–Crippen LogP) is 3.14. The van der Waals surface area contributed by atoms with Crippen LogP contribution in [0.4, 0.5) is 5.69 Å². The summed E-state index contributed by atoms with van der Waals surface area (Å²) in [6.45, 7) is 6.01. The molecule has 0 bridgehead atoms. The molecule has 0 aliphatic heterocycles. The van der Waals surface area contributed by atoms with Gasteiger partial charge in [-0.3, -0.25) is 14.9 Å². The highest BCUT2D eigenvalue weighted by Gasteiger charge is 2.16. The van der Waals surface area contributed by atoms with E-state index in [0.717, 1.165) is 27.7 Å². The number of hydrogen-bond donors (Lipinski definition) is 2. The molecule has 5 nitrogen and oxygen atoms in total. The number of pyridine rings is 1. The second-order valence-corrected chi connectivity index (χ2v) is 5.22. The van der Waals surface area contributed by atoms with Crippen molar-refractivity contribution in [2.75, 3.05) is 5.32 Å². The molecule has 5 heteroatoms. The maximum atomic E-state index is 12.5. The lowest BCUT2D eigenvalue weighted by molar-refractivity contribution is 0.102. The minimum Gasteiger partial charge on any atom is -0.320 e. The summed E-state index contributed by atoms with van der Waals surface area (Å²) in [6.07, 6.45) is 3.30. The maximum Gasteiger partial charge on any atom is 0.276 e. The smallest absolute Gasteiger partial charge is 0.276 e. The fourth-order valence-electron chi connectivity index (χ4n) is 2.58. The zero-order valence-corrected chi connectivity index (χ0v) is 12.2. The van der Waals surface area contributed by atoms with E-state index in [1.165, 1.54) is 5.56 Å². The molecule has 1 amide bonds. The van der Waals surface area contributed by atoms with Gasteiger partial charge < -0.3 is 5.32 Å².